The first-order valence-electron chi connectivity index (χ1n) is 6.21. The molecule has 1 aromatic carbocycles. The fourth-order valence-electron chi connectivity index (χ4n) is 1.59. The van der Waals surface area contributed by atoms with Gasteiger partial charge in [0, 0.05) is 24.4 Å². The minimum absolute atomic E-state index is 0.0641. The predicted molar refractivity (Wildman–Crippen MR) is 85.4 cm³/mol. The normalized spacial score (nSPS) is 11.8. The highest BCUT2D eigenvalue weighted by Gasteiger charge is 2.15. The number of benzene rings is 1. The van der Waals surface area contributed by atoms with Crippen molar-refractivity contribution in [1.82, 2.24) is 4.90 Å². The molecule has 0 atom stereocenters. The molecule has 3 N–H and O–H groups in total. The van der Waals surface area contributed by atoms with Crippen molar-refractivity contribution >= 4 is 27.4 Å². The number of nitrogen functional groups attached to an aromatic ring is 1. The molecule has 0 bridgehead atoms. The zero-order valence-electron chi connectivity index (χ0n) is 11.8. The zero-order valence-corrected chi connectivity index (χ0v) is 13.4. The van der Waals surface area contributed by atoms with E-state index < -0.39 is 9.84 Å². The van der Waals surface area contributed by atoms with Gasteiger partial charge < -0.3 is 10.6 Å². The molecule has 20 heavy (non-hydrogen) atoms. The summed E-state index contributed by atoms with van der Waals surface area (Å²) >= 11 is 1.74. The predicted octanol–water partition coefficient (Wildman–Crippen LogP) is 1.04. The highest BCUT2D eigenvalue weighted by Crippen LogP contribution is 2.12. The van der Waals surface area contributed by atoms with E-state index in [2.05, 4.69) is 0 Å². The number of nitrogens with one attached hydrogen (secondary N) is 1. The Morgan fingerprint density at radius 1 is 1.30 bits per heavy atom. The third kappa shape index (κ3) is 5.15. The molecule has 0 heterocycles. The lowest BCUT2D eigenvalue weighted by Gasteiger charge is -2.15. The third-order valence-corrected chi connectivity index (χ3v) is 5.24. The monoisotopic (exact) mass is 315 g/mol. The third-order valence-electron chi connectivity index (χ3n) is 2.94. The van der Waals surface area contributed by atoms with Crippen LogP contribution in [0.2, 0.25) is 0 Å². The lowest BCUT2D eigenvalue weighted by molar-refractivity contribution is 0.376. The minimum Gasteiger partial charge on any atom is -0.384 e. The first-order chi connectivity index (χ1) is 9.36. The summed E-state index contributed by atoms with van der Waals surface area (Å²) in [7, 11) is -1.36. The van der Waals surface area contributed by atoms with Crippen molar-refractivity contribution < 1.29 is 8.42 Å². The molecule has 0 amide bonds. The summed E-state index contributed by atoms with van der Waals surface area (Å²) in [4.78, 5) is 2.29. The van der Waals surface area contributed by atoms with Crippen molar-refractivity contribution in [3.63, 3.8) is 0 Å². The van der Waals surface area contributed by atoms with E-state index in [1.807, 2.05) is 18.2 Å². The van der Waals surface area contributed by atoms with Gasteiger partial charge in [-0.3, -0.25) is 5.41 Å². The van der Waals surface area contributed by atoms with E-state index in [-0.39, 0.29) is 16.5 Å². The van der Waals surface area contributed by atoms with Gasteiger partial charge in [0.2, 0.25) is 0 Å². The minimum atomic E-state index is -3.28. The quantitative estimate of drug-likeness (QED) is 0.553. The topological polar surface area (TPSA) is 87.2 Å². The standard InChI is InChI=1S/C13H21N3O2S2/c1-16(7-9-19-2)8-10-20(17,18)12-5-3-11(4-6-12)13(14)15/h3-6H,7-10H2,1-2H3,(H3,14,15). The second-order valence-electron chi connectivity index (χ2n) is 4.55. The van der Waals surface area contributed by atoms with Gasteiger partial charge in [-0.2, -0.15) is 11.8 Å². The van der Waals surface area contributed by atoms with Crippen LogP contribution in [-0.2, 0) is 9.84 Å². The number of hydrogen-bond acceptors (Lipinski definition) is 5. The maximum Gasteiger partial charge on any atom is 0.179 e. The van der Waals surface area contributed by atoms with Gasteiger partial charge in [0.15, 0.2) is 9.84 Å². The number of hydrogen-bond donors (Lipinski definition) is 2. The Morgan fingerprint density at radius 2 is 1.90 bits per heavy atom. The number of sulfone groups is 1. The van der Waals surface area contributed by atoms with E-state index in [0.29, 0.717) is 12.1 Å². The summed E-state index contributed by atoms with van der Waals surface area (Å²) in [5, 5.41) is 7.28. The Bertz CT molecular complexity index is 541. The number of nitrogens with two attached hydrogens (primary N) is 1. The molecular weight excluding hydrogens is 294 g/mol. The molecular formula is C13H21N3O2S2. The zero-order chi connectivity index (χ0) is 15.2. The molecule has 7 heteroatoms. The first kappa shape index (κ1) is 17.0. The molecule has 0 aliphatic carbocycles. The first-order valence-corrected chi connectivity index (χ1v) is 9.26. The molecule has 0 saturated heterocycles. The van der Waals surface area contributed by atoms with Crippen molar-refractivity contribution in [2.75, 3.05) is 37.9 Å². The molecule has 0 spiro atoms. The van der Waals surface area contributed by atoms with Crippen LogP contribution in [0.3, 0.4) is 0 Å². The maximum atomic E-state index is 12.2. The summed E-state index contributed by atoms with van der Waals surface area (Å²) in [6.07, 6.45) is 2.03. The van der Waals surface area contributed by atoms with Crippen molar-refractivity contribution in [3.05, 3.63) is 29.8 Å². The highest BCUT2D eigenvalue weighted by molar-refractivity contribution is 7.98. The largest absolute Gasteiger partial charge is 0.384 e. The Hall–Kier alpha value is -1.05. The Labute approximate surface area is 125 Å². The van der Waals surface area contributed by atoms with Crippen LogP contribution in [0.15, 0.2) is 29.2 Å². The summed E-state index contributed by atoms with van der Waals surface area (Å²) in [6, 6.07) is 6.14. The van der Waals surface area contributed by atoms with Crippen LogP contribution < -0.4 is 5.73 Å². The van der Waals surface area contributed by atoms with E-state index in [0.717, 1.165) is 12.3 Å². The van der Waals surface area contributed by atoms with Crippen LogP contribution in [0, 0.1) is 5.41 Å². The van der Waals surface area contributed by atoms with Crippen LogP contribution in [0.5, 0.6) is 0 Å². The second-order valence-corrected chi connectivity index (χ2v) is 7.65. The number of amidine groups is 1. The molecule has 0 unspecified atom stereocenters. The van der Waals surface area contributed by atoms with Gasteiger partial charge in [-0.05, 0) is 25.4 Å². The summed E-state index contributed by atoms with van der Waals surface area (Å²) in [5.74, 6) is 1.02. The highest BCUT2D eigenvalue weighted by atomic mass is 32.2. The van der Waals surface area contributed by atoms with Crippen LogP contribution in [0.4, 0.5) is 0 Å². The Balaban J connectivity index is 2.66. The van der Waals surface area contributed by atoms with Crippen molar-refractivity contribution in [1.29, 1.82) is 5.41 Å². The Kier molecular flexibility index (Phi) is 6.51. The average Bonchev–Trinajstić information content (AvgIpc) is 2.43. The maximum absolute atomic E-state index is 12.2. The lowest BCUT2D eigenvalue weighted by atomic mass is 10.2. The average molecular weight is 315 g/mol. The van der Waals surface area contributed by atoms with Crippen LogP contribution in [0.1, 0.15) is 5.56 Å². The molecule has 5 nitrogen and oxygen atoms in total. The van der Waals surface area contributed by atoms with Gasteiger partial charge >= 0.3 is 0 Å². The van der Waals surface area contributed by atoms with Crippen molar-refractivity contribution in [2.24, 2.45) is 5.73 Å². The number of nitrogens with zero attached hydrogens (tertiary/aromatic N) is 1. The summed E-state index contributed by atoms with van der Waals surface area (Å²) < 4.78 is 24.3. The molecule has 0 aromatic heterocycles. The smallest absolute Gasteiger partial charge is 0.179 e. The van der Waals surface area contributed by atoms with E-state index in [1.165, 1.54) is 12.1 Å². The molecule has 112 valence electrons. The summed E-state index contributed by atoms with van der Waals surface area (Å²) in [6.45, 7) is 1.39. The lowest BCUT2D eigenvalue weighted by Crippen LogP contribution is -2.27. The molecule has 0 aliphatic heterocycles. The van der Waals surface area contributed by atoms with E-state index in [9.17, 15) is 8.42 Å². The fraction of sp³-hybridized carbons (Fsp3) is 0.462. The van der Waals surface area contributed by atoms with Crippen LogP contribution in [0.25, 0.3) is 0 Å². The molecule has 1 aromatic rings. The van der Waals surface area contributed by atoms with Gasteiger partial charge in [-0.25, -0.2) is 8.42 Å². The molecule has 0 aliphatic rings. The van der Waals surface area contributed by atoms with Crippen molar-refractivity contribution in [3.8, 4) is 0 Å². The fourth-order valence-corrected chi connectivity index (χ4v) is 3.43. The van der Waals surface area contributed by atoms with Gasteiger partial charge in [-0.15, -0.1) is 0 Å². The molecule has 0 fully saturated rings. The Morgan fingerprint density at radius 3 is 2.40 bits per heavy atom. The van der Waals surface area contributed by atoms with E-state index in [4.69, 9.17) is 11.1 Å². The second kappa shape index (κ2) is 7.66. The molecule has 0 saturated carbocycles. The summed E-state index contributed by atoms with van der Waals surface area (Å²) in [5.41, 5.74) is 5.87. The van der Waals surface area contributed by atoms with Crippen LogP contribution in [-0.4, -0.2) is 57.1 Å². The molecule has 1 rings (SSSR count). The number of rotatable bonds is 8. The molecule has 0 radical (unpaired) electrons. The van der Waals surface area contributed by atoms with Gasteiger partial charge in [0.05, 0.1) is 10.6 Å². The van der Waals surface area contributed by atoms with Gasteiger partial charge in [0.1, 0.15) is 5.84 Å². The van der Waals surface area contributed by atoms with Gasteiger partial charge in [0.25, 0.3) is 0 Å². The van der Waals surface area contributed by atoms with Gasteiger partial charge in [-0.1, -0.05) is 12.1 Å². The van der Waals surface area contributed by atoms with E-state index >= 15 is 0 Å². The van der Waals surface area contributed by atoms with E-state index in [1.54, 1.807) is 23.9 Å². The van der Waals surface area contributed by atoms with Crippen LogP contribution >= 0.6 is 11.8 Å². The SMILES string of the molecule is CSCCN(C)CCS(=O)(=O)c1ccc(C(=N)N)cc1. The van der Waals surface area contributed by atoms with Crippen molar-refractivity contribution in [2.45, 2.75) is 4.90 Å². The number of thioether (sulfide) groups is 1.